The van der Waals surface area contributed by atoms with E-state index in [2.05, 4.69) is 27.7 Å². The summed E-state index contributed by atoms with van der Waals surface area (Å²) in [4.78, 5) is 0. The third-order valence-electron chi connectivity index (χ3n) is 3.79. The van der Waals surface area contributed by atoms with Crippen molar-refractivity contribution in [2.45, 2.75) is 52.3 Å². The molecule has 0 saturated heterocycles. The molecule has 1 rings (SSSR count). The fourth-order valence-corrected chi connectivity index (χ4v) is 2.60. The summed E-state index contributed by atoms with van der Waals surface area (Å²) < 4.78 is 0. The van der Waals surface area contributed by atoms with Crippen molar-refractivity contribution in [1.82, 2.24) is 0 Å². The minimum atomic E-state index is 0.0905. The van der Waals surface area contributed by atoms with Gasteiger partial charge in [-0.1, -0.05) is 45.9 Å². The van der Waals surface area contributed by atoms with Crippen LogP contribution in [0.5, 0.6) is 0 Å². The quantitative estimate of drug-likeness (QED) is 0.521. The Morgan fingerprint density at radius 2 is 2.00 bits per heavy atom. The lowest BCUT2D eigenvalue weighted by molar-refractivity contribution is 0.150. The van der Waals surface area contributed by atoms with Gasteiger partial charge in [-0.25, -0.2) is 0 Å². The Balaban J connectivity index is 2.66. The van der Waals surface area contributed by atoms with Crippen LogP contribution in [-0.4, -0.2) is 7.85 Å². The largest absolute Gasteiger partial charge is 0.0746 e. The van der Waals surface area contributed by atoms with Crippen LogP contribution in [0.3, 0.4) is 0 Å². The van der Waals surface area contributed by atoms with Gasteiger partial charge in [-0.05, 0) is 24.2 Å². The van der Waals surface area contributed by atoms with Gasteiger partial charge in [0.1, 0.15) is 0 Å². The van der Waals surface area contributed by atoms with Crippen molar-refractivity contribution >= 4 is 7.85 Å². The third kappa shape index (κ3) is 1.86. The van der Waals surface area contributed by atoms with Gasteiger partial charge < -0.3 is 0 Å². The lowest BCUT2D eigenvalue weighted by Crippen LogP contribution is -2.32. The minimum Gasteiger partial charge on any atom is -0.0674 e. The number of rotatable bonds is 1. The summed E-state index contributed by atoms with van der Waals surface area (Å²) in [6.07, 6.45) is 3.91. The zero-order valence-electron chi connectivity index (χ0n) is 8.93. The molecule has 2 radical (unpaired) electrons. The van der Waals surface area contributed by atoms with Crippen LogP contribution in [0.1, 0.15) is 47.0 Å². The smallest absolute Gasteiger partial charge is 0.0674 e. The van der Waals surface area contributed by atoms with E-state index in [4.69, 9.17) is 7.85 Å². The number of hydrogen-bond acceptors (Lipinski definition) is 0. The van der Waals surface area contributed by atoms with E-state index in [1.54, 1.807) is 0 Å². The molecule has 3 atom stereocenters. The molecular weight excluding hydrogens is 143 g/mol. The summed E-state index contributed by atoms with van der Waals surface area (Å²) in [7, 11) is 6.25. The maximum absolute atomic E-state index is 6.25. The second-order valence-corrected chi connectivity index (χ2v) is 5.09. The van der Waals surface area contributed by atoms with Crippen molar-refractivity contribution in [3.05, 3.63) is 0 Å². The van der Waals surface area contributed by atoms with Crippen molar-refractivity contribution in [3.63, 3.8) is 0 Å². The highest BCUT2D eigenvalue weighted by atomic mass is 14.4. The molecule has 0 aliphatic heterocycles. The zero-order chi connectivity index (χ0) is 9.35. The first kappa shape index (κ1) is 10.1. The molecule has 0 N–H and O–H groups in total. The van der Waals surface area contributed by atoms with Gasteiger partial charge >= 0.3 is 0 Å². The second-order valence-electron chi connectivity index (χ2n) is 5.09. The van der Waals surface area contributed by atoms with Gasteiger partial charge in [0.05, 0.1) is 7.85 Å². The first-order valence-electron chi connectivity index (χ1n) is 5.24. The van der Waals surface area contributed by atoms with Gasteiger partial charge in [0, 0.05) is 0 Å². The van der Waals surface area contributed by atoms with Gasteiger partial charge in [-0.3, -0.25) is 0 Å². The molecule has 0 heterocycles. The van der Waals surface area contributed by atoms with Crippen LogP contribution in [-0.2, 0) is 0 Å². The van der Waals surface area contributed by atoms with Crippen LogP contribution in [0.25, 0.3) is 0 Å². The fraction of sp³-hybridized carbons (Fsp3) is 1.00. The molecule has 0 bridgehead atoms. The summed E-state index contributed by atoms with van der Waals surface area (Å²) in [5.74, 6) is 2.32. The molecule has 0 amide bonds. The molecule has 0 aromatic heterocycles. The Hall–Kier alpha value is 0.0649. The van der Waals surface area contributed by atoms with Gasteiger partial charge in [0.2, 0.25) is 0 Å². The van der Waals surface area contributed by atoms with Crippen molar-refractivity contribution in [1.29, 1.82) is 0 Å². The molecular formula is C11H21B. The first-order valence-corrected chi connectivity index (χ1v) is 5.24. The molecule has 1 aliphatic carbocycles. The van der Waals surface area contributed by atoms with Gasteiger partial charge in [0.25, 0.3) is 0 Å². The summed E-state index contributed by atoms with van der Waals surface area (Å²) in [5, 5.41) is 0.0905. The Labute approximate surface area is 78.5 Å². The molecule has 68 valence electrons. The van der Waals surface area contributed by atoms with E-state index < -0.39 is 0 Å². The van der Waals surface area contributed by atoms with Crippen LogP contribution in [0.4, 0.5) is 0 Å². The van der Waals surface area contributed by atoms with Crippen LogP contribution in [0.15, 0.2) is 0 Å². The molecule has 1 aliphatic rings. The monoisotopic (exact) mass is 164 g/mol. The van der Waals surface area contributed by atoms with E-state index in [0.29, 0.717) is 5.92 Å². The first-order chi connectivity index (χ1) is 5.45. The normalized spacial score (nSPS) is 43.4. The van der Waals surface area contributed by atoms with Crippen LogP contribution in [0, 0.1) is 17.8 Å². The predicted molar refractivity (Wildman–Crippen MR) is 55.5 cm³/mol. The highest BCUT2D eigenvalue weighted by molar-refractivity contribution is 6.15. The van der Waals surface area contributed by atoms with Gasteiger partial charge in [-0.2, -0.15) is 0 Å². The van der Waals surface area contributed by atoms with Crippen molar-refractivity contribution in [3.8, 4) is 0 Å². The molecule has 0 spiro atoms. The lowest BCUT2D eigenvalue weighted by Gasteiger charge is -2.44. The maximum atomic E-state index is 6.25. The van der Waals surface area contributed by atoms with E-state index in [9.17, 15) is 0 Å². The van der Waals surface area contributed by atoms with Crippen molar-refractivity contribution in [2.24, 2.45) is 17.8 Å². The average Bonchev–Trinajstić information content (AvgIpc) is 1.94. The summed E-state index contributed by atoms with van der Waals surface area (Å²) >= 11 is 0. The van der Waals surface area contributed by atoms with Gasteiger partial charge in [0.15, 0.2) is 0 Å². The van der Waals surface area contributed by atoms with Gasteiger partial charge in [-0.15, -0.1) is 0 Å². The standard InChI is InChI=1S/C11H21B/c1-8(2)10-6-5-7-11(4,12)9(10)3/h8-10H,5-7H2,1-4H3. The van der Waals surface area contributed by atoms with Crippen molar-refractivity contribution < 1.29 is 0 Å². The Morgan fingerprint density at radius 3 is 2.42 bits per heavy atom. The number of hydrogen-bond donors (Lipinski definition) is 0. The molecule has 0 aromatic carbocycles. The maximum Gasteiger partial charge on any atom is 0.0746 e. The summed E-state index contributed by atoms with van der Waals surface area (Å²) in [5.41, 5.74) is 0. The Morgan fingerprint density at radius 1 is 1.42 bits per heavy atom. The van der Waals surface area contributed by atoms with Crippen molar-refractivity contribution in [2.75, 3.05) is 0 Å². The highest BCUT2D eigenvalue weighted by Crippen LogP contribution is 2.49. The molecule has 0 aromatic rings. The van der Waals surface area contributed by atoms with Crippen LogP contribution < -0.4 is 0 Å². The molecule has 1 saturated carbocycles. The van der Waals surface area contributed by atoms with E-state index in [1.807, 2.05) is 0 Å². The van der Waals surface area contributed by atoms with E-state index >= 15 is 0 Å². The molecule has 1 heteroatoms. The van der Waals surface area contributed by atoms with Crippen LogP contribution in [0.2, 0.25) is 5.31 Å². The fourth-order valence-electron chi connectivity index (χ4n) is 2.60. The van der Waals surface area contributed by atoms with Crippen LogP contribution >= 0.6 is 0 Å². The van der Waals surface area contributed by atoms with E-state index in [1.165, 1.54) is 19.3 Å². The Kier molecular flexibility index (Phi) is 2.90. The van der Waals surface area contributed by atoms with E-state index in [-0.39, 0.29) is 5.31 Å². The minimum absolute atomic E-state index is 0.0905. The molecule has 3 unspecified atom stereocenters. The summed E-state index contributed by atoms with van der Waals surface area (Å²) in [6, 6.07) is 0. The lowest BCUT2D eigenvalue weighted by atomic mass is 9.52. The highest BCUT2D eigenvalue weighted by Gasteiger charge is 2.36. The zero-order valence-corrected chi connectivity index (χ0v) is 8.93. The third-order valence-corrected chi connectivity index (χ3v) is 3.79. The topological polar surface area (TPSA) is 0 Å². The second kappa shape index (κ2) is 3.43. The molecule has 12 heavy (non-hydrogen) atoms. The summed E-state index contributed by atoms with van der Waals surface area (Å²) in [6.45, 7) is 9.18. The molecule has 0 nitrogen and oxygen atoms in total. The SMILES string of the molecule is [B]C1(C)CCCC(C(C)C)C1C. The van der Waals surface area contributed by atoms with E-state index in [0.717, 1.165) is 11.8 Å². The predicted octanol–water partition coefficient (Wildman–Crippen LogP) is 3.43. The molecule has 1 fully saturated rings. The Bertz CT molecular complexity index is 149. The average molecular weight is 164 g/mol.